The molecule has 0 bridgehead atoms. The Morgan fingerprint density at radius 2 is 1.71 bits per heavy atom. The normalized spacial score (nSPS) is 13.9. The van der Waals surface area contributed by atoms with E-state index in [1.54, 1.807) is 0 Å². The lowest BCUT2D eigenvalue weighted by Crippen LogP contribution is -2.32. The Morgan fingerprint density at radius 1 is 1.07 bits per heavy atom. The molecule has 0 aromatic carbocycles. The molecule has 0 heterocycles. The van der Waals surface area contributed by atoms with Gasteiger partial charge in [0, 0.05) is 12.1 Å². The maximum atomic E-state index is 5.71. The van der Waals surface area contributed by atoms with E-state index in [1.165, 1.54) is 32.4 Å². The zero-order valence-electron chi connectivity index (χ0n) is 10.4. The van der Waals surface area contributed by atoms with Crippen molar-refractivity contribution in [2.45, 2.75) is 65.5 Å². The highest BCUT2D eigenvalue weighted by Gasteiger charge is 2.07. The Labute approximate surface area is 89.9 Å². The lowest BCUT2D eigenvalue weighted by atomic mass is 10.1. The fourth-order valence-corrected chi connectivity index (χ4v) is 1.70. The van der Waals surface area contributed by atoms with Crippen LogP contribution in [0.1, 0.15) is 53.4 Å². The van der Waals surface area contributed by atoms with E-state index in [4.69, 9.17) is 5.73 Å². The molecule has 2 N–H and O–H groups in total. The molecule has 0 saturated carbocycles. The van der Waals surface area contributed by atoms with Crippen LogP contribution in [0.5, 0.6) is 0 Å². The number of nitrogens with two attached hydrogens (primary N) is 1. The highest BCUT2D eigenvalue weighted by Crippen LogP contribution is 2.05. The van der Waals surface area contributed by atoms with Crippen LogP contribution in [0.2, 0.25) is 0 Å². The molecule has 2 nitrogen and oxygen atoms in total. The first-order chi connectivity index (χ1) is 6.57. The molecule has 14 heavy (non-hydrogen) atoms. The minimum absolute atomic E-state index is 0.369. The topological polar surface area (TPSA) is 29.3 Å². The highest BCUT2D eigenvalue weighted by molar-refractivity contribution is 4.63. The van der Waals surface area contributed by atoms with Crippen molar-refractivity contribution in [3.8, 4) is 0 Å². The Hall–Kier alpha value is -0.0800. The van der Waals surface area contributed by atoms with Crippen LogP contribution in [0.25, 0.3) is 0 Å². The van der Waals surface area contributed by atoms with Crippen molar-refractivity contribution in [3.05, 3.63) is 0 Å². The summed E-state index contributed by atoms with van der Waals surface area (Å²) in [6.07, 6.45) is 4.98. The first-order valence-corrected chi connectivity index (χ1v) is 6.07. The summed E-state index contributed by atoms with van der Waals surface area (Å²) in [7, 11) is 0. The van der Waals surface area contributed by atoms with Gasteiger partial charge in [0.1, 0.15) is 0 Å². The molecule has 0 amide bonds. The number of rotatable bonds is 8. The van der Waals surface area contributed by atoms with Crippen molar-refractivity contribution >= 4 is 0 Å². The number of nitrogens with zero attached hydrogens (tertiary/aromatic N) is 1. The second kappa shape index (κ2) is 8.25. The largest absolute Gasteiger partial charge is 0.328 e. The predicted molar refractivity (Wildman–Crippen MR) is 64.5 cm³/mol. The second-order valence-electron chi connectivity index (χ2n) is 4.60. The third-order valence-electron chi connectivity index (χ3n) is 2.60. The summed E-state index contributed by atoms with van der Waals surface area (Å²) in [5, 5.41) is 0. The molecule has 0 saturated heterocycles. The van der Waals surface area contributed by atoms with Gasteiger partial charge < -0.3 is 10.6 Å². The van der Waals surface area contributed by atoms with Crippen molar-refractivity contribution in [3.63, 3.8) is 0 Å². The molecular formula is C12H28N2. The molecule has 0 aliphatic heterocycles. The third-order valence-corrected chi connectivity index (χ3v) is 2.60. The maximum absolute atomic E-state index is 5.71. The van der Waals surface area contributed by atoms with Crippen LogP contribution in [0.15, 0.2) is 0 Å². The molecule has 0 radical (unpaired) electrons. The van der Waals surface area contributed by atoms with Gasteiger partial charge in [-0.15, -0.1) is 0 Å². The first-order valence-electron chi connectivity index (χ1n) is 6.07. The van der Waals surface area contributed by atoms with Gasteiger partial charge in [0.2, 0.25) is 0 Å². The lowest BCUT2D eigenvalue weighted by Gasteiger charge is -2.25. The summed E-state index contributed by atoms with van der Waals surface area (Å²) in [6, 6.07) is 1.05. The Kier molecular flexibility index (Phi) is 8.20. The summed E-state index contributed by atoms with van der Waals surface area (Å²) >= 11 is 0. The first kappa shape index (κ1) is 13.9. The molecule has 86 valence electrons. The standard InChI is InChI=1S/C12H28N2/c1-5-9-14(11(2)3)10-7-6-8-12(4)13/h11-12H,5-10,13H2,1-4H3. The fraction of sp³-hybridized carbons (Fsp3) is 1.00. The van der Waals surface area contributed by atoms with Gasteiger partial charge in [0.25, 0.3) is 0 Å². The minimum atomic E-state index is 0.369. The van der Waals surface area contributed by atoms with E-state index in [0.717, 1.165) is 6.42 Å². The fourth-order valence-electron chi connectivity index (χ4n) is 1.70. The van der Waals surface area contributed by atoms with Crippen LogP contribution in [0.3, 0.4) is 0 Å². The average Bonchev–Trinajstić information content (AvgIpc) is 2.09. The lowest BCUT2D eigenvalue weighted by molar-refractivity contribution is 0.217. The third kappa shape index (κ3) is 7.34. The van der Waals surface area contributed by atoms with Crippen LogP contribution >= 0.6 is 0 Å². The Bertz CT molecular complexity index is 121. The summed E-state index contributed by atoms with van der Waals surface area (Å²) in [6.45, 7) is 11.4. The van der Waals surface area contributed by atoms with Crippen molar-refractivity contribution in [2.24, 2.45) is 5.73 Å². The summed E-state index contributed by atoms with van der Waals surface area (Å²) in [5.41, 5.74) is 5.71. The van der Waals surface area contributed by atoms with Gasteiger partial charge in [-0.2, -0.15) is 0 Å². The average molecular weight is 200 g/mol. The molecule has 0 aromatic rings. The number of hydrogen-bond acceptors (Lipinski definition) is 2. The zero-order chi connectivity index (χ0) is 11.0. The van der Waals surface area contributed by atoms with E-state index >= 15 is 0 Å². The van der Waals surface area contributed by atoms with Crippen molar-refractivity contribution < 1.29 is 0 Å². The van der Waals surface area contributed by atoms with Gasteiger partial charge >= 0.3 is 0 Å². The minimum Gasteiger partial charge on any atom is -0.328 e. The molecule has 0 aliphatic rings. The Morgan fingerprint density at radius 3 is 2.14 bits per heavy atom. The van der Waals surface area contributed by atoms with Crippen LogP contribution in [0, 0.1) is 0 Å². The van der Waals surface area contributed by atoms with E-state index in [1.807, 2.05) is 0 Å². The quantitative estimate of drug-likeness (QED) is 0.610. The smallest absolute Gasteiger partial charge is 0.00385 e. The molecule has 0 fully saturated rings. The monoisotopic (exact) mass is 200 g/mol. The highest BCUT2D eigenvalue weighted by atomic mass is 15.1. The summed E-state index contributed by atoms with van der Waals surface area (Å²) < 4.78 is 0. The molecule has 0 spiro atoms. The molecular weight excluding hydrogens is 172 g/mol. The van der Waals surface area contributed by atoms with Crippen LogP contribution < -0.4 is 5.73 Å². The van der Waals surface area contributed by atoms with Gasteiger partial charge in [-0.1, -0.05) is 13.3 Å². The van der Waals surface area contributed by atoms with E-state index < -0.39 is 0 Å². The van der Waals surface area contributed by atoms with Crippen molar-refractivity contribution in [1.29, 1.82) is 0 Å². The molecule has 1 unspecified atom stereocenters. The van der Waals surface area contributed by atoms with Crippen molar-refractivity contribution in [1.82, 2.24) is 4.90 Å². The van der Waals surface area contributed by atoms with E-state index in [0.29, 0.717) is 12.1 Å². The van der Waals surface area contributed by atoms with E-state index in [-0.39, 0.29) is 0 Å². The zero-order valence-corrected chi connectivity index (χ0v) is 10.4. The molecule has 1 atom stereocenters. The van der Waals surface area contributed by atoms with Gasteiger partial charge in [0.15, 0.2) is 0 Å². The van der Waals surface area contributed by atoms with Gasteiger partial charge in [0.05, 0.1) is 0 Å². The molecule has 0 aliphatic carbocycles. The molecule has 0 aromatic heterocycles. The number of unbranched alkanes of at least 4 members (excludes halogenated alkanes) is 1. The Balaban J connectivity index is 3.50. The predicted octanol–water partition coefficient (Wildman–Crippen LogP) is 2.62. The van der Waals surface area contributed by atoms with E-state index in [9.17, 15) is 0 Å². The SMILES string of the molecule is CCCN(CCCCC(C)N)C(C)C. The van der Waals surface area contributed by atoms with Crippen LogP contribution in [0.4, 0.5) is 0 Å². The van der Waals surface area contributed by atoms with E-state index in [2.05, 4.69) is 32.6 Å². The molecule has 2 heteroatoms. The van der Waals surface area contributed by atoms with Crippen LogP contribution in [-0.4, -0.2) is 30.1 Å². The summed E-state index contributed by atoms with van der Waals surface area (Å²) in [4.78, 5) is 2.56. The maximum Gasteiger partial charge on any atom is 0.00385 e. The van der Waals surface area contributed by atoms with Gasteiger partial charge in [-0.3, -0.25) is 0 Å². The van der Waals surface area contributed by atoms with Gasteiger partial charge in [-0.05, 0) is 53.1 Å². The summed E-state index contributed by atoms with van der Waals surface area (Å²) in [5.74, 6) is 0. The molecule has 0 rings (SSSR count). The van der Waals surface area contributed by atoms with Crippen LogP contribution in [-0.2, 0) is 0 Å². The second-order valence-corrected chi connectivity index (χ2v) is 4.60. The van der Waals surface area contributed by atoms with Gasteiger partial charge in [-0.25, -0.2) is 0 Å². The number of hydrogen-bond donors (Lipinski definition) is 1. The van der Waals surface area contributed by atoms with Crippen molar-refractivity contribution in [2.75, 3.05) is 13.1 Å².